The molecule has 0 aliphatic carbocycles. The lowest BCUT2D eigenvalue weighted by atomic mass is 9.96. The van der Waals surface area contributed by atoms with Gasteiger partial charge in [0.05, 0.1) is 5.69 Å². The van der Waals surface area contributed by atoms with Crippen molar-refractivity contribution >= 4 is 17.2 Å². The molecule has 2 aromatic rings. The second kappa shape index (κ2) is 7.81. The maximum Gasteiger partial charge on any atom is 0.265 e. The molecular formula is C17H23N5OS. The molecule has 0 aromatic carbocycles. The third-order valence-corrected chi connectivity index (χ3v) is 5.47. The molecule has 3 rings (SSSR count). The summed E-state index contributed by atoms with van der Waals surface area (Å²) in [6.45, 7) is 7.71. The Hall–Kier alpha value is -1.86. The summed E-state index contributed by atoms with van der Waals surface area (Å²) in [4.78, 5) is 28.4. The van der Waals surface area contributed by atoms with Gasteiger partial charge in [-0.3, -0.25) is 4.79 Å². The number of hydrogen-bond donors (Lipinski definition) is 1. The first kappa shape index (κ1) is 17.0. The fraction of sp³-hybridized carbons (Fsp3) is 0.529. The Morgan fingerprint density at radius 3 is 2.71 bits per heavy atom. The molecular weight excluding hydrogens is 322 g/mol. The van der Waals surface area contributed by atoms with E-state index in [4.69, 9.17) is 0 Å². The van der Waals surface area contributed by atoms with Crippen molar-refractivity contribution in [1.29, 1.82) is 0 Å². The summed E-state index contributed by atoms with van der Waals surface area (Å²) in [7, 11) is 0. The number of likely N-dealkylation sites (tertiary alicyclic amines) is 1. The van der Waals surface area contributed by atoms with Crippen LogP contribution in [0.4, 0.5) is 0 Å². The second-order valence-corrected chi connectivity index (χ2v) is 7.05. The second-order valence-electron chi connectivity index (χ2n) is 6.05. The molecule has 0 atom stereocenters. The zero-order chi connectivity index (χ0) is 16.9. The smallest absolute Gasteiger partial charge is 0.265 e. The summed E-state index contributed by atoms with van der Waals surface area (Å²) in [5, 5.41) is 4.11. The van der Waals surface area contributed by atoms with Crippen molar-refractivity contribution in [2.24, 2.45) is 5.92 Å². The van der Waals surface area contributed by atoms with E-state index in [2.05, 4.69) is 27.2 Å². The molecule has 1 fully saturated rings. The summed E-state index contributed by atoms with van der Waals surface area (Å²) >= 11 is 1.39. The molecule has 7 heteroatoms. The van der Waals surface area contributed by atoms with Crippen LogP contribution >= 0.6 is 11.3 Å². The molecule has 3 heterocycles. The van der Waals surface area contributed by atoms with E-state index in [1.165, 1.54) is 11.3 Å². The van der Waals surface area contributed by atoms with Crippen molar-refractivity contribution < 1.29 is 4.79 Å². The first-order chi connectivity index (χ1) is 11.7. The maximum atomic E-state index is 12.8. The normalized spacial score (nSPS) is 15.7. The standard InChI is InChI=1S/C17H23N5OS/c1-3-18-11-13-5-9-22(10-6-13)17(23)14-12(2)21-16(24-14)15-19-7-4-8-20-15/h4,7-8,13,18H,3,5-6,9-11H2,1-2H3. The molecule has 0 bridgehead atoms. The van der Waals surface area contributed by atoms with E-state index in [1.54, 1.807) is 18.5 Å². The molecule has 1 amide bonds. The summed E-state index contributed by atoms with van der Waals surface area (Å²) in [5.74, 6) is 1.34. The molecule has 1 N–H and O–H groups in total. The number of rotatable bonds is 5. The summed E-state index contributed by atoms with van der Waals surface area (Å²) in [6.07, 6.45) is 5.50. The average molecular weight is 345 g/mol. The Balaban J connectivity index is 1.67. The number of piperidine rings is 1. The summed E-state index contributed by atoms with van der Waals surface area (Å²) < 4.78 is 0. The molecule has 1 saturated heterocycles. The molecule has 0 saturated carbocycles. The highest BCUT2D eigenvalue weighted by Crippen LogP contribution is 2.27. The van der Waals surface area contributed by atoms with Gasteiger partial charge in [0.1, 0.15) is 4.88 Å². The van der Waals surface area contributed by atoms with Gasteiger partial charge in [0, 0.05) is 25.5 Å². The van der Waals surface area contributed by atoms with Gasteiger partial charge >= 0.3 is 0 Å². The van der Waals surface area contributed by atoms with Gasteiger partial charge in [-0.05, 0) is 44.8 Å². The summed E-state index contributed by atoms with van der Waals surface area (Å²) in [5.41, 5.74) is 0.766. The van der Waals surface area contributed by atoms with E-state index in [0.29, 0.717) is 21.6 Å². The molecule has 1 aliphatic heterocycles. The van der Waals surface area contributed by atoms with Crippen LogP contribution in [0.15, 0.2) is 18.5 Å². The van der Waals surface area contributed by atoms with Gasteiger partial charge < -0.3 is 10.2 Å². The average Bonchev–Trinajstić information content (AvgIpc) is 3.02. The van der Waals surface area contributed by atoms with Crippen LogP contribution in [-0.2, 0) is 0 Å². The van der Waals surface area contributed by atoms with Gasteiger partial charge in [-0.2, -0.15) is 0 Å². The van der Waals surface area contributed by atoms with Crippen LogP contribution < -0.4 is 5.32 Å². The van der Waals surface area contributed by atoms with Crippen molar-refractivity contribution in [2.45, 2.75) is 26.7 Å². The Bertz CT molecular complexity index is 680. The van der Waals surface area contributed by atoms with E-state index in [0.717, 1.165) is 44.7 Å². The highest BCUT2D eigenvalue weighted by molar-refractivity contribution is 7.17. The SMILES string of the molecule is CCNCC1CCN(C(=O)c2sc(-c3ncccn3)nc2C)CC1. The van der Waals surface area contributed by atoms with Crippen LogP contribution in [-0.4, -0.2) is 51.9 Å². The van der Waals surface area contributed by atoms with Gasteiger partial charge in [0.2, 0.25) is 0 Å². The molecule has 0 radical (unpaired) electrons. The number of carbonyl (C=O) groups is 1. The third kappa shape index (κ3) is 3.79. The fourth-order valence-electron chi connectivity index (χ4n) is 2.93. The molecule has 6 nitrogen and oxygen atoms in total. The lowest BCUT2D eigenvalue weighted by Gasteiger charge is -2.31. The van der Waals surface area contributed by atoms with Crippen molar-refractivity contribution in [3.63, 3.8) is 0 Å². The topological polar surface area (TPSA) is 71.0 Å². The number of thiazole rings is 1. The zero-order valence-corrected chi connectivity index (χ0v) is 15.0. The zero-order valence-electron chi connectivity index (χ0n) is 14.2. The first-order valence-electron chi connectivity index (χ1n) is 8.43. The van der Waals surface area contributed by atoms with Crippen LogP contribution in [0.2, 0.25) is 0 Å². The van der Waals surface area contributed by atoms with Crippen LogP contribution in [0.5, 0.6) is 0 Å². The third-order valence-electron chi connectivity index (χ3n) is 4.33. The van der Waals surface area contributed by atoms with Gasteiger partial charge in [-0.1, -0.05) is 6.92 Å². The van der Waals surface area contributed by atoms with E-state index in [9.17, 15) is 4.79 Å². The van der Waals surface area contributed by atoms with Crippen molar-refractivity contribution in [2.75, 3.05) is 26.2 Å². The molecule has 24 heavy (non-hydrogen) atoms. The van der Waals surface area contributed by atoms with E-state index in [-0.39, 0.29) is 5.91 Å². The molecule has 128 valence electrons. The van der Waals surface area contributed by atoms with Crippen LogP contribution in [0, 0.1) is 12.8 Å². The van der Waals surface area contributed by atoms with Crippen molar-refractivity contribution in [1.82, 2.24) is 25.2 Å². The van der Waals surface area contributed by atoms with Gasteiger partial charge in [-0.25, -0.2) is 15.0 Å². The van der Waals surface area contributed by atoms with E-state index >= 15 is 0 Å². The number of carbonyl (C=O) groups excluding carboxylic acids is 1. The van der Waals surface area contributed by atoms with Crippen molar-refractivity contribution in [3.05, 3.63) is 29.0 Å². The Kier molecular flexibility index (Phi) is 5.52. The maximum absolute atomic E-state index is 12.8. The van der Waals surface area contributed by atoms with E-state index < -0.39 is 0 Å². The molecule has 0 unspecified atom stereocenters. The number of nitrogens with zero attached hydrogens (tertiary/aromatic N) is 4. The first-order valence-corrected chi connectivity index (χ1v) is 9.25. The summed E-state index contributed by atoms with van der Waals surface area (Å²) in [6, 6.07) is 1.77. The highest BCUT2D eigenvalue weighted by atomic mass is 32.1. The van der Waals surface area contributed by atoms with Gasteiger partial charge in [-0.15, -0.1) is 11.3 Å². The number of hydrogen-bond acceptors (Lipinski definition) is 6. The molecule has 2 aromatic heterocycles. The highest BCUT2D eigenvalue weighted by Gasteiger charge is 2.26. The molecule has 1 aliphatic rings. The van der Waals surface area contributed by atoms with E-state index in [1.807, 2.05) is 11.8 Å². The van der Waals surface area contributed by atoms with Gasteiger partial charge in [0.15, 0.2) is 10.8 Å². The number of aryl methyl sites for hydroxylation is 1. The Labute approximate surface area is 146 Å². The minimum Gasteiger partial charge on any atom is -0.338 e. The monoisotopic (exact) mass is 345 g/mol. The number of amides is 1. The fourth-order valence-corrected chi connectivity index (χ4v) is 3.91. The minimum atomic E-state index is 0.0917. The predicted molar refractivity (Wildman–Crippen MR) is 95.0 cm³/mol. The minimum absolute atomic E-state index is 0.0917. The van der Waals surface area contributed by atoms with Crippen LogP contribution in [0.3, 0.4) is 0 Å². The van der Waals surface area contributed by atoms with Crippen molar-refractivity contribution in [3.8, 4) is 10.8 Å². The lowest BCUT2D eigenvalue weighted by Crippen LogP contribution is -2.40. The quantitative estimate of drug-likeness (QED) is 0.901. The predicted octanol–water partition coefficient (Wildman–Crippen LogP) is 2.37. The Morgan fingerprint density at radius 1 is 1.33 bits per heavy atom. The number of aromatic nitrogens is 3. The largest absolute Gasteiger partial charge is 0.338 e. The molecule has 0 spiro atoms. The van der Waals surface area contributed by atoms with Crippen LogP contribution in [0.25, 0.3) is 10.8 Å². The van der Waals surface area contributed by atoms with Gasteiger partial charge in [0.25, 0.3) is 5.91 Å². The van der Waals surface area contributed by atoms with Crippen LogP contribution in [0.1, 0.15) is 35.1 Å². The Morgan fingerprint density at radius 2 is 2.04 bits per heavy atom. The number of nitrogens with one attached hydrogen (secondary N) is 1. The lowest BCUT2D eigenvalue weighted by molar-refractivity contribution is 0.0694.